The van der Waals surface area contributed by atoms with Gasteiger partial charge >= 0.3 is 0 Å². The molecule has 1 aromatic heterocycles. The van der Waals surface area contributed by atoms with E-state index in [1.165, 1.54) is 24.3 Å². The van der Waals surface area contributed by atoms with Crippen LogP contribution in [-0.2, 0) is 6.54 Å². The van der Waals surface area contributed by atoms with E-state index in [0.717, 1.165) is 13.1 Å². The van der Waals surface area contributed by atoms with E-state index >= 15 is 0 Å². The first-order valence-corrected chi connectivity index (χ1v) is 7.47. The van der Waals surface area contributed by atoms with Gasteiger partial charge in [-0.25, -0.2) is 0 Å². The Morgan fingerprint density at radius 2 is 2.35 bits per heavy atom. The van der Waals surface area contributed by atoms with Crippen molar-refractivity contribution in [2.75, 3.05) is 13.1 Å². The molecule has 0 aliphatic carbocycles. The topological polar surface area (TPSA) is 15.3 Å². The molecule has 0 amide bonds. The van der Waals surface area contributed by atoms with E-state index in [4.69, 9.17) is 0 Å². The lowest BCUT2D eigenvalue weighted by molar-refractivity contribution is 0.123. The molecule has 1 unspecified atom stereocenters. The van der Waals surface area contributed by atoms with Crippen LogP contribution in [0.2, 0.25) is 0 Å². The summed E-state index contributed by atoms with van der Waals surface area (Å²) in [5.41, 5.74) is 0.393. The van der Waals surface area contributed by atoms with Gasteiger partial charge in [-0.2, -0.15) is 0 Å². The van der Waals surface area contributed by atoms with Gasteiger partial charge in [0, 0.05) is 29.5 Å². The Balaban J connectivity index is 1.75. The molecule has 2 nitrogen and oxygen atoms in total. The normalized spacial score (nSPS) is 21.8. The molecular weight excluding hydrogens is 228 g/mol. The van der Waals surface area contributed by atoms with Crippen molar-refractivity contribution in [3.05, 3.63) is 22.4 Å². The monoisotopic (exact) mass is 252 g/mol. The van der Waals surface area contributed by atoms with Crippen LogP contribution in [0.15, 0.2) is 17.5 Å². The average Bonchev–Trinajstić information content (AvgIpc) is 2.87. The first kappa shape index (κ1) is 13.1. The Kier molecular flexibility index (Phi) is 4.23. The summed E-state index contributed by atoms with van der Waals surface area (Å²) >= 11 is 1.83. The van der Waals surface area contributed by atoms with Gasteiger partial charge in [0.15, 0.2) is 0 Å². The number of nitrogens with zero attached hydrogens (tertiary/aromatic N) is 1. The predicted octanol–water partition coefficient (Wildman–Crippen LogP) is 3.10. The maximum Gasteiger partial charge on any atom is 0.0300 e. The molecule has 0 bridgehead atoms. The number of likely N-dealkylation sites (tertiary alicyclic amines) is 1. The quantitative estimate of drug-likeness (QED) is 0.866. The Hall–Kier alpha value is -0.380. The number of nitrogens with one attached hydrogen (secondary N) is 1. The third kappa shape index (κ3) is 3.30. The van der Waals surface area contributed by atoms with Crippen molar-refractivity contribution in [3.8, 4) is 0 Å². The summed E-state index contributed by atoms with van der Waals surface area (Å²) in [5, 5.41) is 5.71. The van der Waals surface area contributed by atoms with Crippen LogP contribution in [0, 0.1) is 0 Å². The minimum absolute atomic E-state index is 0.393. The van der Waals surface area contributed by atoms with E-state index < -0.39 is 0 Å². The number of hydrogen-bond acceptors (Lipinski definition) is 3. The van der Waals surface area contributed by atoms with Crippen LogP contribution < -0.4 is 5.32 Å². The third-order valence-corrected chi connectivity index (χ3v) is 4.69. The summed E-state index contributed by atoms with van der Waals surface area (Å²) in [6, 6.07) is 4.95. The Bertz CT molecular complexity index is 332. The van der Waals surface area contributed by atoms with Crippen molar-refractivity contribution < 1.29 is 0 Å². The summed E-state index contributed by atoms with van der Waals surface area (Å²) in [6.45, 7) is 10.4. The smallest absolute Gasteiger partial charge is 0.0300 e. The van der Waals surface area contributed by atoms with E-state index in [2.05, 4.69) is 48.5 Å². The molecule has 1 fully saturated rings. The molecule has 1 atom stereocenters. The van der Waals surface area contributed by atoms with E-state index in [1.54, 1.807) is 0 Å². The highest BCUT2D eigenvalue weighted by molar-refractivity contribution is 7.09. The first-order valence-electron chi connectivity index (χ1n) is 6.59. The highest BCUT2D eigenvalue weighted by Crippen LogP contribution is 2.29. The average molecular weight is 252 g/mol. The van der Waals surface area contributed by atoms with Gasteiger partial charge in [-0.15, -0.1) is 11.3 Å². The van der Waals surface area contributed by atoms with Crippen molar-refractivity contribution in [3.63, 3.8) is 0 Å². The fourth-order valence-corrected chi connectivity index (χ4v) is 3.55. The number of rotatable bonds is 5. The molecule has 2 rings (SSSR count). The lowest BCUT2D eigenvalue weighted by Crippen LogP contribution is -2.48. The Morgan fingerprint density at radius 1 is 1.53 bits per heavy atom. The molecule has 1 aliphatic heterocycles. The van der Waals surface area contributed by atoms with Crippen molar-refractivity contribution in [1.82, 2.24) is 10.2 Å². The van der Waals surface area contributed by atoms with Crippen LogP contribution in [0.3, 0.4) is 0 Å². The van der Waals surface area contributed by atoms with E-state index in [0.29, 0.717) is 11.6 Å². The molecule has 1 N–H and O–H groups in total. The van der Waals surface area contributed by atoms with Gasteiger partial charge < -0.3 is 5.32 Å². The van der Waals surface area contributed by atoms with Crippen LogP contribution in [0.25, 0.3) is 0 Å². The van der Waals surface area contributed by atoms with Gasteiger partial charge in [0.2, 0.25) is 0 Å². The van der Waals surface area contributed by atoms with Gasteiger partial charge in [0.25, 0.3) is 0 Å². The van der Waals surface area contributed by atoms with E-state index in [9.17, 15) is 0 Å². The first-order chi connectivity index (χ1) is 8.09. The van der Waals surface area contributed by atoms with Crippen LogP contribution in [0.4, 0.5) is 0 Å². The lowest BCUT2D eigenvalue weighted by atomic mass is 10.0. The van der Waals surface area contributed by atoms with Gasteiger partial charge in [0.1, 0.15) is 0 Å². The maximum absolute atomic E-state index is 3.57. The predicted molar refractivity (Wildman–Crippen MR) is 75.5 cm³/mol. The van der Waals surface area contributed by atoms with Gasteiger partial charge in [-0.05, 0) is 51.6 Å². The Labute approximate surface area is 109 Å². The fourth-order valence-electron chi connectivity index (χ4n) is 2.87. The summed E-state index contributed by atoms with van der Waals surface area (Å²) in [5.74, 6) is 0. The highest BCUT2D eigenvalue weighted by Gasteiger charge is 2.34. The van der Waals surface area contributed by atoms with Crippen LogP contribution >= 0.6 is 11.3 Å². The molecule has 0 aromatic carbocycles. The van der Waals surface area contributed by atoms with E-state index in [1.807, 2.05) is 11.3 Å². The van der Waals surface area contributed by atoms with Crippen molar-refractivity contribution in [2.24, 2.45) is 0 Å². The number of thiophene rings is 1. The van der Waals surface area contributed by atoms with Gasteiger partial charge in [-0.1, -0.05) is 6.07 Å². The lowest BCUT2D eigenvalue weighted by Gasteiger charge is -2.36. The zero-order chi connectivity index (χ0) is 12.3. The van der Waals surface area contributed by atoms with Crippen molar-refractivity contribution in [1.29, 1.82) is 0 Å². The van der Waals surface area contributed by atoms with Crippen molar-refractivity contribution >= 4 is 11.3 Å². The molecule has 2 heterocycles. The summed E-state index contributed by atoms with van der Waals surface area (Å²) in [4.78, 5) is 4.08. The molecule has 1 aliphatic rings. The molecule has 0 radical (unpaired) electrons. The fraction of sp³-hybridized carbons (Fsp3) is 0.714. The molecule has 1 aromatic rings. The standard InChI is InChI=1S/C14H24N2S/c1-12(16-8-5-7-14(16,2)3)10-15-11-13-6-4-9-17-13/h4,6,9,12,15H,5,7-8,10-11H2,1-3H3. The minimum Gasteiger partial charge on any atom is -0.310 e. The zero-order valence-corrected chi connectivity index (χ0v) is 12.0. The zero-order valence-electron chi connectivity index (χ0n) is 11.2. The summed E-state index contributed by atoms with van der Waals surface area (Å²) < 4.78 is 0. The highest BCUT2D eigenvalue weighted by atomic mass is 32.1. The molecule has 17 heavy (non-hydrogen) atoms. The Morgan fingerprint density at radius 3 is 2.94 bits per heavy atom. The second-order valence-electron chi connectivity index (χ2n) is 5.67. The molecule has 3 heteroatoms. The van der Waals surface area contributed by atoms with Crippen LogP contribution in [0.5, 0.6) is 0 Å². The molecular formula is C14H24N2S. The summed E-state index contributed by atoms with van der Waals surface area (Å²) in [7, 11) is 0. The molecule has 0 spiro atoms. The maximum atomic E-state index is 3.57. The SMILES string of the molecule is CC(CNCc1cccs1)N1CCCC1(C)C. The summed E-state index contributed by atoms with van der Waals surface area (Å²) in [6.07, 6.45) is 2.69. The van der Waals surface area contributed by atoms with Crippen LogP contribution in [-0.4, -0.2) is 29.6 Å². The van der Waals surface area contributed by atoms with Crippen LogP contribution in [0.1, 0.15) is 38.5 Å². The van der Waals surface area contributed by atoms with Gasteiger partial charge in [-0.3, -0.25) is 4.90 Å². The van der Waals surface area contributed by atoms with Crippen molar-refractivity contribution in [2.45, 2.75) is 51.7 Å². The van der Waals surface area contributed by atoms with Gasteiger partial charge in [0.05, 0.1) is 0 Å². The number of hydrogen-bond donors (Lipinski definition) is 1. The second-order valence-corrected chi connectivity index (χ2v) is 6.70. The second kappa shape index (κ2) is 5.51. The molecule has 96 valence electrons. The van der Waals surface area contributed by atoms with E-state index in [-0.39, 0.29) is 0 Å². The molecule has 0 saturated carbocycles. The minimum atomic E-state index is 0.393. The largest absolute Gasteiger partial charge is 0.310 e. The third-order valence-electron chi connectivity index (χ3n) is 3.82. The molecule has 1 saturated heterocycles.